The first-order valence-corrected chi connectivity index (χ1v) is 5.54. The van der Waals surface area contributed by atoms with E-state index in [1.807, 2.05) is 0 Å². The molecule has 0 aromatic rings. The second kappa shape index (κ2) is 3.97. The largest absolute Gasteiger partial charge is 0.326 e. The lowest BCUT2D eigenvalue weighted by Gasteiger charge is -2.42. The van der Waals surface area contributed by atoms with Crippen molar-refractivity contribution < 1.29 is 0 Å². The van der Waals surface area contributed by atoms with Gasteiger partial charge in [-0.15, -0.1) is 0 Å². The Labute approximate surface area is 82.5 Å². The number of likely N-dealkylation sites (N-methyl/N-ethyl adjacent to an activating group) is 1. The fourth-order valence-corrected chi connectivity index (χ4v) is 2.28. The van der Waals surface area contributed by atoms with Crippen LogP contribution in [0.1, 0.15) is 40.5 Å². The Morgan fingerprint density at radius 2 is 1.77 bits per heavy atom. The van der Waals surface area contributed by atoms with Crippen molar-refractivity contribution in [2.24, 2.45) is 11.7 Å². The summed E-state index contributed by atoms with van der Waals surface area (Å²) in [6.07, 6.45) is 2.68. The maximum absolute atomic E-state index is 6.27. The maximum Gasteiger partial charge on any atom is 0.0306 e. The topological polar surface area (TPSA) is 29.3 Å². The Morgan fingerprint density at radius 1 is 1.31 bits per heavy atom. The molecule has 0 radical (unpaired) electrons. The second-order valence-corrected chi connectivity index (χ2v) is 4.69. The first kappa shape index (κ1) is 11.0. The van der Waals surface area contributed by atoms with Crippen molar-refractivity contribution in [3.63, 3.8) is 0 Å². The molecule has 0 bridgehead atoms. The molecule has 1 aliphatic rings. The predicted octanol–water partition coefficient (Wildman–Crippen LogP) is 1.84. The Morgan fingerprint density at radius 3 is 2.08 bits per heavy atom. The zero-order chi connectivity index (χ0) is 10.1. The average molecular weight is 184 g/mol. The van der Waals surface area contributed by atoms with Crippen LogP contribution in [0.25, 0.3) is 0 Å². The highest BCUT2D eigenvalue weighted by Crippen LogP contribution is 2.37. The van der Waals surface area contributed by atoms with Gasteiger partial charge in [-0.05, 0) is 45.7 Å². The van der Waals surface area contributed by atoms with Gasteiger partial charge in [0.1, 0.15) is 0 Å². The third-order valence-corrected chi connectivity index (χ3v) is 3.52. The van der Waals surface area contributed by atoms with Gasteiger partial charge in [-0.25, -0.2) is 0 Å². The molecule has 2 N–H and O–H groups in total. The van der Waals surface area contributed by atoms with E-state index in [4.69, 9.17) is 5.73 Å². The van der Waals surface area contributed by atoms with Crippen molar-refractivity contribution in [3.05, 3.63) is 0 Å². The zero-order valence-electron chi connectivity index (χ0n) is 9.51. The highest BCUT2D eigenvalue weighted by atomic mass is 15.2. The SMILES string of the molecule is CCN(CC)C(C)(C)C(N)C1CC1. The molecule has 1 rings (SSSR count). The van der Waals surface area contributed by atoms with E-state index in [0.29, 0.717) is 6.04 Å². The van der Waals surface area contributed by atoms with Crippen molar-refractivity contribution in [1.82, 2.24) is 4.90 Å². The van der Waals surface area contributed by atoms with E-state index in [1.165, 1.54) is 12.8 Å². The summed E-state index contributed by atoms with van der Waals surface area (Å²) >= 11 is 0. The molecule has 0 spiro atoms. The third kappa shape index (κ3) is 2.23. The van der Waals surface area contributed by atoms with Gasteiger partial charge in [0.2, 0.25) is 0 Å². The van der Waals surface area contributed by atoms with Crippen LogP contribution in [0.5, 0.6) is 0 Å². The van der Waals surface area contributed by atoms with Crippen molar-refractivity contribution >= 4 is 0 Å². The first-order chi connectivity index (χ1) is 6.04. The molecule has 78 valence electrons. The highest BCUT2D eigenvalue weighted by Gasteiger charge is 2.40. The number of nitrogens with two attached hydrogens (primary N) is 1. The van der Waals surface area contributed by atoms with E-state index >= 15 is 0 Å². The smallest absolute Gasteiger partial charge is 0.0306 e. The molecule has 1 fully saturated rings. The van der Waals surface area contributed by atoms with E-state index in [2.05, 4.69) is 32.6 Å². The van der Waals surface area contributed by atoms with Crippen LogP contribution in [0, 0.1) is 5.92 Å². The Hall–Kier alpha value is -0.0800. The molecule has 1 unspecified atom stereocenters. The molecule has 0 aliphatic heterocycles. The van der Waals surface area contributed by atoms with Crippen LogP contribution >= 0.6 is 0 Å². The van der Waals surface area contributed by atoms with Crippen molar-refractivity contribution in [1.29, 1.82) is 0 Å². The minimum Gasteiger partial charge on any atom is -0.326 e. The van der Waals surface area contributed by atoms with Crippen LogP contribution in [0.4, 0.5) is 0 Å². The monoisotopic (exact) mass is 184 g/mol. The lowest BCUT2D eigenvalue weighted by atomic mass is 9.89. The minimum absolute atomic E-state index is 0.171. The van der Waals surface area contributed by atoms with E-state index in [0.717, 1.165) is 19.0 Å². The van der Waals surface area contributed by atoms with Gasteiger partial charge in [-0.2, -0.15) is 0 Å². The van der Waals surface area contributed by atoms with Gasteiger partial charge >= 0.3 is 0 Å². The third-order valence-electron chi connectivity index (χ3n) is 3.52. The summed E-state index contributed by atoms with van der Waals surface area (Å²) in [5, 5.41) is 0. The average Bonchev–Trinajstić information content (AvgIpc) is 2.87. The van der Waals surface area contributed by atoms with Crippen LogP contribution in [-0.4, -0.2) is 29.6 Å². The molecule has 0 aromatic heterocycles. The summed E-state index contributed by atoms with van der Waals surface area (Å²) in [5.41, 5.74) is 6.44. The molecular formula is C11H24N2. The summed E-state index contributed by atoms with van der Waals surface area (Å²) in [6.45, 7) is 11.2. The first-order valence-electron chi connectivity index (χ1n) is 5.54. The molecule has 1 aliphatic carbocycles. The van der Waals surface area contributed by atoms with Gasteiger partial charge in [0.25, 0.3) is 0 Å². The Balaban J connectivity index is 2.59. The lowest BCUT2D eigenvalue weighted by molar-refractivity contribution is 0.0985. The normalized spacial score (nSPS) is 20.8. The van der Waals surface area contributed by atoms with E-state index < -0.39 is 0 Å². The molecule has 1 saturated carbocycles. The van der Waals surface area contributed by atoms with Crippen LogP contribution in [0.2, 0.25) is 0 Å². The van der Waals surface area contributed by atoms with E-state index in [1.54, 1.807) is 0 Å². The van der Waals surface area contributed by atoms with Gasteiger partial charge < -0.3 is 5.73 Å². The molecule has 0 heterocycles. The number of hydrogen-bond donors (Lipinski definition) is 1. The summed E-state index contributed by atoms with van der Waals surface area (Å²) in [5.74, 6) is 0.788. The fourth-order valence-electron chi connectivity index (χ4n) is 2.28. The molecular weight excluding hydrogens is 160 g/mol. The van der Waals surface area contributed by atoms with E-state index in [-0.39, 0.29) is 5.54 Å². The van der Waals surface area contributed by atoms with E-state index in [9.17, 15) is 0 Å². The van der Waals surface area contributed by atoms with Gasteiger partial charge in [0.05, 0.1) is 0 Å². The number of hydrogen-bond acceptors (Lipinski definition) is 2. The molecule has 0 amide bonds. The van der Waals surface area contributed by atoms with Gasteiger partial charge in [-0.3, -0.25) is 4.90 Å². The molecule has 1 atom stereocenters. The van der Waals surface area contributed by atoms with Crippen LogP contribution in [-0.2, 0) is 0 Å². The summed E-state index contributed by atoms with van der Waals surface area (Å²) in [4.78, 5) is 2.47. The van der Waals surface area contributed by atoms with Gasteiger partial charge in [0, 0.05) is 11.6 Å². The van der Waals surface area contributed by atoms with Gasteiger partial charge in [-0.1, -0.05) is 13.8 Å². The second-order valence-electron chi connectivity index (χ2n) is 4.69. The number of rotatable bonds is 5. The summed E-state index contributed by atoms with van der Waals surface area (Å²) in [6, 6.07) is 0.354. The number of nitrogens with zero attached hydrogens (tertiary/aromatic N) is 1. The fraction of sp³-hybridized carbons (Fsp3) is 1.00. The lowest BCUT2D eigenvalue weighted by Crippen LogP contribution is -2.56. The van der Waals surface area contributed by atoms with Crippen LogP contribution in [0.15, 0.2) is 0 Å². The van der Waals surface area contributed by atoms with Gasteiger partial charge in [0.15, 0.2) is 0 Å². The van der Waals surface area contributed by atoms with Crippen LogP contribution < -0.4 is 5.73 Å². The molecule has 2 heteroatoms. The highest BCUT2D eigenvalue weighted by molar-refractivity contribution is 4.99. The molecule has 13 heavy (non-hydrogen) atoms. The standard InChI is InChI=1S/C11H24N2/c1-5-13(6-2)11(3,4)10(12)9-7-8-9/h9-10H,5-8,12H2,1-4H3. The molecule has 2 nitrogen and oxygen atoms in total. The van der Waals surface area contributed by atoms with Crippen molar-refractivity contribution in [2.75, 3.05) is 13.1 Å². The zero-order valence-corrected chi connectivity index (χ0v) is 9.51. The Bertz CT molecular complexity index is 153. The van der Waals surface area contributed by atoms with Crippen LogP contribution in [0.3, 0.4) is 0 Å². The molecule has 0 saturated heterocycles. The maximum atomic E-state index is 6.27. The predicted molar refractivity (Wildman–Crippen MR) is 57.7 cm³/mol. The minimum atomic E-state index is 0.171. The quantitative estimate of drug-likeness (QED) is 0.706. The Kier molecular flexibility index (Phi) is 3.36. The van der Waals surface area contributed by atoms with Crippen molar-refractivity contribution in [2.45, 2.75) is 52.1 Å². The summed E-state index contributed by atoms with van der Waals surface area (Å²) in [7, 11) is 0. The molecule has 0 aromatic carbocycles. The van der Waals surface area contributed by atoms with Crippen molar-refractivity contribution in [3.8, 4) is 0 Å². The summed E-state index contributed by atoms with van der Waals surface area (Å²) < 4.78 is 0.